The Morgan fingerprint density at radius 3 is 2.24 bits per heavy atom. The van der Waals surface area contributed by atoms with Crippen molar-refractivity contribution >= 4 is 43.4 Å². The molecule has 4 rings (SSSR count). The summed E-state index contributed by atoms with van der Waals surface area (Å²) in [7, 11) is -1.92. The molecule has 4 aromatic rings. The predicted octanol–water partition coefficient (Wildman–Crippen LogP) is 3.43. The maximum atomic E-state index is 13.3. The van der Waals surface area contributed by atoms with E-state index in [1.807, 2.05) is 61.6 Å². The molecule has 0 bridgehead atoms. The van der Waals surface area contributed by atoms with Crippen molar-refractivity contribution < 1.29 is 28.2 Å². The average Bonchev–Trinajstić information content (AvgIpc) is 3.44. The first-order valence-corrected chi connectivity index (χ1v) is 12.1. The van der Waals surface area contributed by atoms with Crippen LogP contribution < -0.4 is 5.32 Å². The highest BCUT2D eigenvalue weighted by Crippen LogP contribution is 2.32. The van der Waals surface area contributed by atoms with Gasteiger partial charge in [-0.05, 0) is 24.6 Å². The minimum Gasteiger partial charge on any atom is -0.478 e. The third-order valence-electron chi connectivity index (χ3n) is 4.40. The number of imidazole rings is 1. The standard InChI is InChI=1S/C19H17N3O2S2.C4H4O4/c1-20-12-16-13-22(19(21-16)14-7-3-2-4-8-14)26(23,24)18-11-15-9-5-6-10-17(15)25-18;5-3(6)1-2-4(7)8/h2-11,13,20H,12H2,1H3;1-2H,(H,5,6)(H,7,8)/b;2-1+. The molecule has 34 heavy (non-hydrogen) atoms. The van der Waals surface area contributed by atoms with Crippen LogP contribution in [0.5, 0.6) is 0 Å². The van der Waals surface area contributed by atoms with Crippen molar-refractivity contribution in [2.45, 2.75) is 10.8 Å². The molecular weight excluding hydrogens is 478 g/mol. The molecule has 0 radical (unpaired) electrons. The number of thiophene rings is 1. The van der Waals surface area contributed by atoms with Crippen LogP contribution in [0.2, 0.25) is 0 Å². The molecule has 2 aromatic heterocycles. The van der Waals surface area contributed by atoms with E-state index in [1.54, 1.807) is 12.3 Å². The largest absolute Gasteiger partial charge is 0.478 e. The van der Waals surface area contributed by atoms with Gasteiger partial charge in [0.1, 0.15) is 4.21 Å². The van der Waals surface area contributed by atoms with E-state index in [2.05, 4.69) is 10.3 Å². The van der Waals surface area contributed by atoms with Gasteiger partial charge in [0.05, 0.1) is 5.69 Å². The van der Waals surface area contributed by atoms with Crippen LogP contribution in [0.3, 0.4) is 0 Å². The van der Waals surface area contributed by atoms with Gasteiger partial charge in [-0.15, -0.1) is 11.3 Å². The number of aliphatic carboxylic acids is 2. The van der Waals surface area contributed by atoms with E-state index in [0.29, 0.717) is 34.4 Å². The van der Waals surface area contributed by atoms with Crippen molar-refractivity contribution in [2.24, 2.45) is 0 Å². The molecule has 3 N–H and O–H groups in total. The summed E-state index contributed by atoms with van der Waals surface area (Å²) in [4.78, 5) is 23.6. The Hall–Kier alpha value is -3.80. The van der Waals surface area contributed by atoms with Gasteiger partial charge in [-0.3, -0.25) is 0 Å². The number of nitrogens with zero attached hydrogens (tertiary/aromatic N) is 2. The molecule has 0 unspecified atom stereocenters. The van der Waals surface area contributed by atoms with E-state index in [1.165, 1.54) is 15.3 Å². The summed E-state index contributed by atoms with van der Waals surface area (Å²) >= 11 is 1.27. The highest BCUT2D eigenvalue weighted by Gasteiger charge is 2.25. The number of nitrogens with one attached hydrogen (secondary N) is 1. The van der Waals surface area contributed by atoms with Crippen LogP contribution in [0.15, 0.2) is 83.2 Å². The van der Waals surface area contributed by atoms with Crippen molar-refractivity contribution in [1.29, 1.82) is 0 Å². The number of carboxylic acid groups (broad SMARTS) is 2. The fourth-order valence-corrected chi connectivity index (χ4v) is 5.79. The second-order valence-corrected chi connectivity index (χ2v) is 9.99. The summed E-state index contributed by atoms with van der Waals surface area (Å²) in [6, 6.07) is 18.8. The summed E-state index contributed by atoms with van der Waals surface area (Å²) in [6.07, 6.45) is 2.71. The van der Waals surface area contributed by atoms with Crippen molar-refractivity contribution in [3.63, 3.8) is 0 Å². The minimum absolute atomic E-state index is 0.310. The first-order valence-electron chi connectivity index (χ1n) is 9.88. The molecule has 0 fully saturated rings. The van der Waals surface area contributed by atoms with E-state index in [-0.39, 0.29) is 0 Å². The molecular formula is C23H21N3O6S2. The van der Waals surface area contributed by atoms with Crippen molar-refractivity contribution in [3.8, 4) is 11.4 Å². The quantitative estimate of drug-likeness (QED) is 0.329. The maximum absolute atomic E-state index is 13.3. The van der Waals surface area contributed by atoms with Gasteiger partial charge in [0, 0.05) is 35.2 Å². The molecule has 0 atom stereocenters. The second kappa shape index (κ2) is 10.9. The lowest BCUT2D eigenvalue weighted by atomic mass is 10.2. The summed E-state index contributed by atoms with van der Waals surface area (Å²) in [5.41, 5.74) is 1.44. The van der Waals surface area contributed by atoms with Crippen LogP contribution in [0.25, 0.3) is 21.5 Å². The van der Waals surface area contributed by atoms with Gasteiger partial charge in [0.25, 0.3) is 10.0 Å². The van der Waals surface area contributed by atoms with Gasteiger partial charge in [0.15, 0.2) is 5.82 Å². The van der Waals surface area contributed by atoms with E-state index in [9.17, 15) is 18.0 Å². The molecule has 0 saturated heterocycles. The number of aromatic nitrogens is 2. The Labute approximate surface area is 199 Å². The van der Waals surface area contributed by atoms with Crippen molar-refractivity contribution in [3.05, 3.63) is 84.7 Å². The van der Waals surface area contributed by atoms with Gasteiger partial charge in [0.2, 0.25) is 0 Å². The second-order valence-electron chi connectivity index (χ2n) is 6.87. The normalized spacial score (nSPS) is 11.3. The van der Waals surface area contributed by atoms with Crippen molar-refractivity contribution in [1.82, 2.24) is 14.3 Å². The topological polar surface area (TPSA) is 139 Å². The van der Waals surface area contributed by atoms with Crippen LogP contribution in [-0.4, -0.2) is 46.6 Å². The molecule has 0 aliphatic carbocycles. The lowest BCUT2D eigenvalue weighted by Gasteiger charge is -2.07. The number of hydrogen-bond donors (Lipinski definition) is 3. The number of fused-ring (bicyclic) bond motifs is 1. The molecule has 0 saturated carbocycles. The third-order valence-corrected chi connectivity index (χ3v) is 7.61. The SMILES string of the molecule is CNCc1cn(S(=O)(=O)c2cc3ccccc3s2)c(-c2ccccc2)n1.O=C(O)/C=C/C(=O)O. The van der Waals surface area contributed by atoms with Crippen LogP contribution in [0.4, 0.5) is 0 Å². The minimum atomic E-state index is -3.73. The van der Waals surface area contributed by atoms with Crippen LogP contribution in [-0.2, 0) is 26.2 Å². The Morgan fingerprint density at radius 1 is 1.03 bits per heavy atom. The first kappa shape index (κ1) is 24.8. The lowest BCUT2D eigenvalue weighted by Crippen LogP contribution is -2.12. The summed E-state index contributed by atoms with van der Waals surface area (Å²) in [5, 5.41) is 19.6. The monoisotopic (exact) mass is 499 g/mol. The van der Waals surface area contributed by atoms with Crippen molar-refractivity contribution in [2.75, 3.05) is 7.05 Å². The predicted molar refractivity (Wildman–Crippen MR) is 129 cm³/mol. The zero-order valence-electron chi connectivity index (χ0n) is 18.0. The molecule has 176 valence electrons. The van der Waals surface area contributed by atoms with Gasteiger partial charge in [-0.2, -0.15) is 8.42 Å². The fraction of sp³-hybridized carbons (Fsp3) is 0.0870. The van der Waals surface area contributed by atoms with Crippen LogP contribution in [0.1, 0.15) is 5.69 Å². The zero-order valence-corrected chi connectivity index (χ0v) is 19.6. The zero-order chi connectivity index (χ0) is 24.7. The van der Waals surface area contributed by atoms with E-state index < -0.39 is 22.0 Å². The fourth-order valence-electron chi connectivity index (χ4n) is 2.96. The van der Waals surface area contributed by atoms with E-state index >= 15 is 0 Å². The Kier molecular flexibility index (Phi) is 7.95. The van der Waals surface area contributed by atoms with Gasteiger partial charge in [-0.1, -0.05) is 48.5 Å². The number of hydrogen-bond acceptors (Lipinski definition) is 7. The number of carboxylic acids is 2. The van der Waals surface area contributed by atoms with Gasteiger partial charge in [-0.25, -0.2) is 18.5 Å². The molecule has 2 aromatic carbocycles. The highest BCUT2D eigenvalue weighted by molar-refractivity contribution is 7.92. The van der Waals surface area contributed by atoms with E-state index in [0.717, 1.165) is 15.6 Å². The summed E-state index contributed by atoms with van der Waals surface area (Å²) < 4.78 is 29.2. The summed E-state index contributed by atoms with van der Waals surface area (Å²) in [5.74, 6) is -2.09. The van der Waals surface area contributed by atoms with Gasteiger partial charge < -0.3 is 15.5 Å². The smallest absolute Gasteiger partial charge is 0.328 e. The Bertz CT molecular complexity index is 1390. The van der Waals surface area contributed by atoms with Gasteiger partial charge >= 0.3 is 11.9 Å². The molecule has 2 heterocycles. The highest BCUT2D eigenvalue weighted by atomic mass is 32.2. The summed E-state index contributed by atoms with van der Waals surface area (Å²) in [6.45, 7) is 0.495. The average molecular weight is 500 g/mol. The third kappa shape index (κ3) is 5.95. The Morgan fingerprint density at radius 2 is 1.65 bits per heavy atom. The molecule has 9 nitrogen and oxygen atoms in total. The number of carbonyl (C=O) groups is 2. The molecule has 0 amide bonds. The van der Waals surface area contributed by atoms with E-state index in [4.69, 9.17) is 10.2 Å². The molecule has 0 aliphatic rings. The number of rotatable bonds is 7. The Balaban J connectivity index is 0.000000350. The first-order chi connectivity index (χ1) is 16.2. The molecule has 0 aliphatic heterocycles. The maximum Gasteiger partial charge on any atom is 0.328 e. The van der Waals surface area contributed by atoms with Crippen LogP contribution in [0, 0.1) is 0 Å². The lowest BCUT2D eigenvalue weighted by molar-refractivity contribution is -0.134. The number of benzene rings is 2. The molecule has 0 spiro atoms. The van der Waals surface area contributed by atoms with Crippen LogP contribution >= 0.6 is 11.3 Å². The molecule has 11 heteroatoms.